The Morgan fingerprint density at radius 2 is 1.79 bits per heavy atom. The Balaban J connectivity index is 1.46. The number of hydrogen-bond acceptors (Lipinski definition) is 5. The van der Waals surface area contributed by atoms with Crippen LogP contribution in [0.3, 0.4) is 0 Å². The van der Waals surface area contributed by atoms with Crippen LogP contribution in [0.4, 0.5) is 0 Å². The monoisotopic (exact) mass is 393 g/mol. The van der Waals surface area contributed by atoms with E-state index >= 15 is 0 Å². The summed E-state index contributed by atoms with van der Waals surface area (Å²) >= 11 is 0. The lowest BCUT2D eigenvalue weighted by atomic mass is 9.59. The largest absolute Gasteiger partial charge is 0.455 e. The Morgan fingerprint density at radius 1 is 1.07 bits per heavy atom. The minimum atomic E-state index is -1.19. The number of nitrogens with zero attached hydrogens (tertiary/aromatic N) is 2. The number of amides is 1. The highest BCUT2D eigenvalue weighted by atomic mass is 16.4. The summed E-state index contributed by atoms with van der Waals surface area (Å²) in [5.74, 6) is 1.45. The van der Waals surface area contributed by atoms with Gasteiger partial charge in [-0.25, -0.2) is 0 Å². The predicted octanol–water partition coefficient (Wildman–Crippen LogP) is 1.71. The fraction of sp³-hybridized carbons (Fsp3) is 0.952. The van der Waals surface area contributed by atoms with E-state index in [-0.39, 0.29) is 11.7 Å². The van der Waals surface area contributed by atoms with Crippen LogP contribution in [0.5, 0.6) is 0 Å². The Labute approximate surface area is 171 Å². The van der Waals surface area contributed by atoms with E-state index in [2.05, 4.69) is 16.8 Å². The van der Waals surface area contributed by atoms with E-state index in [9.17, 15) is 14.8 Å². The molecule has 3 fully saturated rings. The van der Waals surface area contributed by atoms with E-state index in [1.165, 1.54) is 12.8 Å². The highest BCUT2D eigenvalue weighted by Crippen LogP contribution is 2.37. The maximum Gasteiger partial charge on any atom is 0.455 e. The van der Waals surface area contributed by atoms with E-state index in [1.54, 1.807) is 0 Å². The molecule has 0 spiro atoms. The summed E-state index contributed by atoms with van der Waals surface area (Å²) in [6.45, 7) is 3.35. The van der Waals surface area contributed by atoms with Crippen LogP contribution >= 0.6 is 0 Å². The van der Waals surface area contributed by atoms with Gasteiger partial charge in [0.15, 0.2) is 0 Å². The fourth-order valence-electron chi connectivity index (χ4n) is 5.89. The third kappa shape index (κ3) is 5.50. The third-order valence-electron chi connectivity index (χ3n) is 7.74. The quantitative estimate of drug-likeness (QED) is 0.598. The average Bonchev–Trinajstić information content (AvgIpc) is 2.73. The molecule has 0 aromatic heterocycles. The summed E-state index contributed by atoms with van der Waals surface area (Å²) in [6, 6.07) is 0.491. The number of piperidine rings is 1. The van der Waals surface area contributed by atoms with Gasteiger partial charge in [-0.15, -0.1) is 0 Å². The van der Waals surface area contributed by atoms with E-state index < -0.39 is 7.12 Å². The molecule has 160 valence electrons. The first kappa shape index (κ1) is 22.1. The van der Waals surface area contributed by atoms with Gasteiger partial charge in [0, 0.05) is 31.6 Å². The zero-order valence-electron chi connectivity index (χ0n) is 17.6. The minimum Gasteiger partial charge on any atom is -0.427 e. The Hall–Kier alpha value is -0.625. The van der Waals surface area contributed by atoms with Crippen molar-refractivity contribution in [3.63, 3.8) is 0 Å². The second kappa shape index (κ2) is 10.4. The maximum absolute atomic E-state index is 12.9. The number of nitrogens with two attached hydrogens (primary N) is 1. The third-order valence-corrected chi connectivity index (χ3v) is 7.74. The van der Waals surface area contributed by atoms with E-state index in [1.807, 2.05) is 0 Å². The lowest BCUT2D eigenvalue weighted by Gasteiger charge is -2.41. The molecular weight excluding hydrogens is 353 g/mol. The molecule has 4 atom stereocenters. The Kier molecular flexibility index (Phi) is 8.21. The zero-order valence-corrected chi connectivity index (χ0v) is 17.6. The average molecular weight is 393 g/mol. The Morgan fingerprint density at radius 3 is 2.46 bits per heavy atom. The second-order valence-electron chi connectivity index (χ2n) is 9.58. The first-order chi connectivity index (χ1) is 13.5. The van der Waals surface area contributed by atoms with Crippen molar-refractivity contribution in [1.29, 1.82) is 0 Å². The summed E-state index contributed by atoms with van der Waals surface area (Å²) in [7, 11) is 0.982. The second-order valence-corrected chi connectivity index (χ2v) is 9.58. The number of rotatable bonds is 6. The molecule has 0 aromatic rings. The van der Waals surface area contributed by atoms with Crippen LogP contribution in [0.15, 0.2) is 0 Å². The Bertz CT molecular complexity index is 499. The first-order valence-corrected chi connectivity index (χ1v) is 11.5. The van der Waals surface area contributed by atoms with Gasteiger partial charge in [0.25, 0.3) is 0 Å². The molecule has 0 radical (unpaired) electrons. The summed E-state index contributed by atoms with van der Waals surface area (Å²) in [5.41, 5.74) is 5.84. The SMILES string of the molecule is CN(CC1CCCCC1B(O)O)C1CCN(C(=O)C2CCCC(CN)C2)CC1. The summed E-state index contributed by atoms with van der Waals surface area (Å²) < 4.78 is 0. The normalized spacial score (nSPS) is 32.5. The van der Waals surface area contributed by atoms with Crippen molar-refractivity contribution in [2.45, 2.75) is 76.1 Å². The van der Waals surface area contributed by atoms with Crippen molar-refractivity contribution in [3.05, 3.63) is 0 Å². The minimum absolute atomic E-state index is 0.0136. The van der Waals surface area contributed by atoms with Crippen molar-refractivity contribution in [2.24, 2.45) is 23.5 Å². The molecule has 4 unspecified atom stereocenters. The molecule has 1 heterocycles. The van der Waals surface area contributed by atoms with E-state index in [0.29, 0.717) is 30.3 Å². The molecule has 1 amide bonds. The smallest absolute Gasteiger partial charge is 0.427 e. The molecule has 1 aliphatic heterocycles. The summed E-state index contributed by atoms with van der Waals surface area (Å²) in [4.78, 5) is 17.4. The van der Waals surface area contributed by atoms with Crippen LogP contribution in [0, 0.1) is 17.8 Å². The van der Waals surface area contributed by atoms with Crippen LogP contribution in [-0.2, 0) is 4.79 Å². The standard InChI is InChI=1S/C21H40BN3O3/c1-24(15-18-6-2-3-8-20(18)22(27)28)19-9-11-25(12-10-19)21(26)17-7-4-5-16(13-17)14-23/h16-20,27-28H,2-15,23H2,1H3. The number of carbonyl (C=O) groups excluding carboxylic acids is 1. The van der Waals surface area contributed by atoms with Crippen molar-refractivity contribution in [2.75, 3.05) is 33.2 Å². The van der Waals surface area contributed by atoms with Gasteiger partial charge in [-0.05, 0) is 69.8 Å². The van der Waals surface area contributed by atoms with Crippen LogP contribution < -0.4 is 5.73 Å². The first-order valence-electron chi connectivity index (χ1n) is 11.5. The van der Waals surface area contributed by atoms with Crippen molar-refractivity contribution < 1.29 is 14.8 Å². The molecule has 0 aromatic carbocycles. The summed E-state index contributed by atoms with van der Waals surface area (Å²) in [5, 5.41) is 19.4. The van der Waals surface area contributed by atoms with E-state index in [0.717, 1.165) is 71.0 Å². The molecule has 1 saturated heterocycles. The molecule has 2 saturated carbocycles. The molecular formula is C21H40BN3O3. The van der Waals surface area contributed by atoms with Crippen molar-refractivity contribution in [3.8, 4) is 0 Å². The number of likely N-dealkylation sites (tertiary alicyclic amines) is 1. The van der Waals surface area contributed by atoms with Crippen LogP contribution in [-0.4, -0.2) is 72.1 Å². The maximum atomic E-state index is 12.9. The highest BCUT2D eigenvalue weighted by molar-refractivity contribution is 6.43. The van der Waals surface area contributed by atoms with Gasteiger partial charge in [-0.3, -0.25) is 4.79 Å². The number of hydrogen-bond donors (Lipinski definition) is 3. The van der Waals surface area contributed by atoms with Gasteiger partial charge in [0.1, 0.15) is 0 Å². The van der Waals surface area contributed by atoms with E-state index in [4.69, 9.17) is 5.73 Å². The molecule has 4 N–H and O–H groups in total. The molecule has 3 rings (SSSR count). The topological polar surface area (TPSA) is 90.0 Å². The lowest BCUT2D eigenvalue weighted by molar-refractivity contribution is -0.138. The number of carbonyl (C=O) groups is 1. The van der Waals surface area contributed by atoms with Crippen LogP contribution in [0.1, 0.15) is 64.2 Å². The molecule has 0 bridgehead atoms. The van der Waals surface area contributed by atoms with Crippen LogP contribution in [0.25, 0.3) is 0 Å². The predicted molar refractivity (Wildman–Crippen MR) is 113 cm³/mol. The van der Waals surface area contributed by atoms with Gasteiger partial charge >= 0.3 is 7.12 Å². The lowest BCUT2D eigenvalue weighted by Crippen LogP contribution is -2.49. The van der Waals surface area contributed by atoms with Crippen molar-refractivity contribution >= 4 is 13.0 Å². The van der Waals surface area contributed by atoms with Gasteiger partial charge in [0.2, 0.25) is 5.91 Å². The molecule has 7 heteroatoms. The molecule has 2 aliphatic carbocycles. The van der Waals surface area contributed by atoms with Gasteiger partial charge in [-0.1, -0.05) is 25.7 Å². The molecule has 3 aliphatic rings. The van der Waals surface area contributed by atoms with Gasteiger partial charge in [0.05, 0.1) is 0 Å². The highest BCUT2D eigenvalue weighted by Gasteiger charge is 2.36. The zero-order chi connectivity index (χ0) is 20.1. The summed E-state index contributed by atoms with van der Waals surface area (Å²) in [6.07, 6.45) is 10.7. The molecule has 28 heavy (non-hydrogen) atoms. The van der Waals surface area contributed by atoms with Crippen molar-refractivity contribution in [1.82, 2.24) is 9.80 Å². The van der Waals surface area contributed by atoms with Gasteiger partial charge in [-0.2, -0.15) is 0 Å². The van der Waals surface area contributed by atoms with Crippen LogP contribution in [0.2, 0.25) is 5.82 Å². The molecule has 6 nitrogen and oxygen atoms in total. The van der Waals surface area contributed by atoms with Gasteiger partial charge < -0.3 is 25.6 Å². The fourth-order valence-corrected chi connectivity index (χ4v) is 5.89.